The molecule has 0 spiro atoms. The maximum Gasteiger partial charge on any atom is 0.0346 e. The van der Waals surface area contributed by atoms with Gasteiger partial charge in [0.2, 0.25) is 0 Å². The SMILES string of the molecule is c1cc(CNCCC2CCC2)c2ccncc2c1. The number of hydrogen-bond donors (Lipinski definition) is 1. The zero-order chi connectivity index (χ0) is 12.2. The summed E-state index contributed by atoms with van der Waals surface area (Å²) in [7, 11) is 0. The fraction of sp³-hybridized carbons (Fsp3) is 0.438. The van der Waals surface area contributed by atoms with E-state index in [1.54, 1.807) is 0 Å². The van der Waals surface area contributed by atoms with Gasteiger partial charge in [0.15, 0.2) is 0 Å². The zero-order valence-corrected chi connectivity index (χ0v) is 10.7. The lowest BCUT2D eigenvalue weighted by molar-refractivity contribution is 0.292. The molecule has 1 fully saturated rings. The molecule has 2 nitrogen and oxygen atoms in total. The van der Waals surface area contributed by atoms with Crippen LogP contribution in [-0.4, -0.2) is 11.5 Å². The minimum absolute atomic E-state index is 0.966. The van der Waals surface area contributed by atoms with E-state index in [1.807, 2.05) is 12.4 Å². The van der Waals surface area contributed by atoms with E-state index in [-0.39, 0.29) is 0 Å². The Bertz CT molecular complexity index is 512. The Morgan fingerprint density at radius 2 is 2.17 bits per heavy atom. The van der Waals surface area contributed by atoms with E-state index in [1.165, 1.54) is 42.0 Å². The molecular weight excluding hydrogens is 220 g/mol. The van der Waals surface area contributed by atoms with Gasteiger partial charge in [-0.25, -0.2) is 0 Å². The molecule has 0 radical (unpaired) electrons. The van der Waals surface area contributed by atoms with Crippen LogP contribution in [-0.2, 0) is 6.54 Å². The molecule has 0 aliphatic heterocycles. The first kappa shape index (κ1) is 11.7. The molecule has 1 N–H and O–H groups in total. The van der Waals surface area contributed by atoms with Crippen molar-refractivity contribution in [3.8, 4) is 0 Å². The fourth-order valence-corrected chi connectivity index (χ4v) is 2.65. The van der Waals surface area contributed by atoms with Crippen LogP contribution in [0.3, 0.4) is 0 Å². The quantitative estimate of drug-likeness (QED) is 0.809. The summed E-state index contributed by atoms with van der Waals surface area (Å²) in [6, 6.07) is 8.56. The maximum atomic E-state index is 4.17. The molecule has 0 atom stereocenters. The summed E-state index contributed by atoms with van der Waals surface area (Å²) in [5.74, 6) is 0.995. The Balaban J connectivity index is 1.59. The summed E-state index contributed by atoms with van der Waals surface area (Å²) in [6.07, 6.45) is 9.49. The Morgan fingerprint density at radius 3 is 3.00 bits per heavy atom. The second kappa shape index (κ2) is 5.49. The van der Waals surface area contributed by atoms with E-state index in [2.05, 4.69) is 34.6 Å². The highest BCUT2D eigenvalue weighted by atomic mass is 14.8. The fourth-order valence-electron chi connectivity index (χ4n) is 2.65. The van der Waals surface area contributed by atoms with Crippen LogP contribution in [0.25, 0.3) is 10.8 Å². The average Bonchev–Trinajstić information content (AvgIpc) is 2.36. The molecule has 94 valence electrons. The minimum atomic E-state index is 0.966. The van der Waals surface area contributed by atoms with Gasteiger partial charge >= 0.3 is 0 Å². The van der Waals surface area contributed by atoms with Crippen LogP contribution in [0.15, 0.2) is 36.7 Å². The van der Waals surface area contributed by atoms with E-state index in [9.17, 15) is 0 Å². The number of nitrogens with zero attached hydrogens (tertiary/aromatic N) is 1. The van der Waals surface area contributed by atoms with Gasteiger partial charge in [-0.3, -0.25) is 4.98 Å². The molecule has 0 saturated heterocycles. The number of aromatic nitrogens is 1. The van der Waals surface area contributed by atoms with Crippen LogP contribution in [0.1, 0.15) is 31.2 Å². The normalized spacial score (nSPS) is 15.8. The largest absolute Gasteiger partial charge is 0.313 e. The molecule has 1 heterocycles. The Hall–Kier alpha value is -1.41. The van der Waals surface area contributed by atoms with Gasteiger partial charge in [-0.2, -0.15) is 0 Å². The monoisotopic (exact) mass is 240 g/mol. The Kier molecular flexibility index (Phi) is 3.56. The molecule has 1 aliphatic rings. The van der Waals surface area contributed by atoms with Gasteiger partial charge in [0, 0.05) is 24.3 Å². The summed E-state index contributed by atoms with van der Waals surface area (Å²) in [5, 5.41) is 6.13. The lowest BCUT2D eigenvalue weighted by Gasteiger charge is -2.25. The Labute approximate surface area is 108 Å². The van der Waals surface area contributed by atoms with Crippen molar-refractivity contribution in [2.45, 2.75) is 32.2 Å². The number of pyridine rings is 1. The van der Waals surface area contributed by atoms with Gasteiger partial charge in [0.1, 0.15) is 0 Å². The van der Waals surface area contributed by atoms with Gasteiger partial charge in [-0.1, -0.05) is 37.5 Å². The van der Waals surface area contributed by atoms with E-state index in [0.717, 1.165) is 19.0 Å². The van der Waals surface area contributed by atoms with Crippen LogP contribution < -0.4 is 5.32 Å². The molecule has 3 rings (SSSR count). The summed E-state index contributed by atoms with van der Waals surface area (Å²) in [5.41, 5.74) is 1.38. The van der Waals surface area contributed by atoms with Crippen molar-refractivity contribution in [1.82, 2.24) is 10.3 Å². The topological polar surface area (TPSA) is 24.9 Å². The molecule has 1 saturated carbocycles. The zero-order valence-electron chi connectivity index (χ0n) is 10.7. The minimum Gasteiger partial charge on any atom is -0.313 e. The van der Waals surface area contributed by atoms with E-state index < -0.39 is 0 Å². The number of nitrogens with one attached hydrogen (secondary N) is 1. The molecule has 0 bridgehead atoms. The van der Waals surface area contributed by atoms with E-state index in [0.29, 0.717) is 0 Å². The third-order valence-corrected chi connectivity index (χ3v) is 4.04. The number of fused-ring (bicyclic) bond motifs is 1. The lowest BCUT2D eigenvalue weighted by atomic mass is 9.83. The molecule has 0 unspecified atom stereocenters. The summed E-state index contributed by atoms with van der Waals surface area (Å²) in [6.45, 7) is 2.11. The highest BCUT2D eigenvalue weighted by Crippen LogP contribution is 2.28. The number of rotatable bonds is 5. The van der Waals surface area contributed by atoms with Crippen molar-refractivity contribution in [3.63, 3.8) is 0 Å². The molecule has 18 heavy (non-hydrogen) atoms. The molecular formula is C16H20N2. The number of benzene rings is 1. The van der Waals surface area contributed by atoms with Crippen molar-refractivity contribution in [3.05, 3.63) is 42.2 Å². The first-order valence-electron chi connectivity index (χ1n) is 6.96. The highest BCUT2D eigenvalue weighted by Gasteiger charge is 2.16. The molecule has 2 heteroatoms. The average molecular weight is 240 g/mol. The van der Waals surface area contributed by atoms with Gasteiger partial charge in [-0.15, -0.1) is 0 Å². The first-order chi connectivity index (χ1) is 8.93. The molecule has 0 amide bonds. The standard InChI is InChI=1S/C16H20N2/c1-3-13(4-1)7-9-17-11-14-5-2-6-15-12-18-10-8-16(14)15/h2,5-6,8,10,12-13,17H,1,3-4,7,9,11H2. The first-order valence-corrected chi connectivity index (χ1v) is 6.96. The molecule has 1 aliphatic carbocycles. The van der Waals surface area contributed by atoms with E-state index >= 15 is 0 Å². The van der Waals surface area contributed by atoms with Crippen molar-refractivity contribution in [1.29, 1.82) is 0 Å². The smallest absolute Gasteiger partial charge is 0.0346 e. The van der Waals surface area contributed by atoms with Crippen molar-refractivity contribution < 1.29 is 0 Å². The van der Waals surface area contributed by atoms with Crippen molar-refractivity contribution in [2.75, 3.05) is 6.54 Å². The summed E-state index contributed by atoms with van der Waals surface area (Å²) >= 11 is 0. The van der Waals surface area contributed by atoms with E-state index in [4.69, 9.17) is 0 Å². The van der Waals surface area contributed by atoms with Crippen LogP contribution in [0.2, 0.25) is 0 Å². The van der Waals surface area contributed by atoms with Gasteiger partial charge in [0.25, 0.3) is 0 Å². The van der Waals surface area contributed by atoms with Crippen LogP contribution >= 0.6 is 0 Å². The predicted octanol–water partition coefficient (Wildman–Crippen LogP) is 3.51. The lowest BCUT2D eigenvalue weighted by Crippen LogP contribution is -2.21. The maximum absolute atomic E-state index is 4.17. The van der Waals surface area contributed by atoms with Crippen LogP contribution in [0.5, 0.6) is 0 Å². The summed E-state index contributed by atoms with van der Waals surface area (Å²) < 4.78 is 0. The van der Waals surface area contributed by atoms with Gasteiger partial charge < -0.3 is 5.32 Å². The van der Waals surface area contributed by atoms with Gasteiger partial charge in [0.05, 0.1) is 0 Å². The molecule has 1 aromatic carbocycles. The van der Waals surface area contributed by atoms with Crippen LogP contribution in [0.4, 0.5) is 0 Å². The number of hydrogen-bond acceptors (Lipinski definition) is 2. The molecule has 1 aromatic heterocycles. The van der Waals surface area contributed by atoms with Gasteiger partial charge in [-0.05, 0) is 35.9 Å². The van der Waals surface area contributed by atoms with Crippen LogP contribution in [0, 0.1) is 5.92 Å². The third-order valence-electron chi connectivity index (χ3n) is 4.04. The third kappa shape index (κ3) is 2.54. The van der Waals surface area contributed by atoms with Crippen molar-refractivity contribution in [2.24, 2.45) is 5.92 Å². The van der Waals surface area contributed by atoms with Crippen molar-refractivity contribution >= 4 is 10.8 Å². The second-order valence-corrected chi connectivity index (χ2v) is 5.28. The Morgan fingerprint density at radius 1 is 1.22 bits per heavy atom. The predicted molar refractivity (Wildman–Crippen MR) is 75.4 cm³/mol. The second-order valence-electron chi connectivity index (χ2n) is 5.28. The molecule has 2 aromatic rings. The highest BCUT2D eigenvalue weighted by molar-refractivity contribution is 5.84. The summed E-state index contributed by atoms with van der Waals surface area (Å²) in [4.78, 5) is 4.17.